The molecule has 0 N–H and O–H groups in total. The van der Waals surface area contributed by atoms with E-state index in [1.54, 1.807) is 19.5 Å². The van der Waals surface area contributed by atoms with Crippen LogP contribution in [0.2, 0.25) is 0 Å². The van der Waals surface area contributed by atoms with Crippen molar-refractivity contribution in [3.63, 3.8) is 0 Å². The van der Waals surface area contributed by atoms with Gasteiger partial charge in [-0.15, -0.1) is 0 Å². The smallest absolute Gasteiger partial charge is 0.0718 e. The number of nitrogens with zero attached hydrogens (tertiary/aromatic N) is 3. The third-order valence-corrected chi connectivity index (χ3v) is 2.74. The van der Waals surface area contributed by atoms with E-state index in [9.17, 15) is 0 Å². The number of hydrogen-bond acceptors (Lipinski definition) is 3. The van der Waals surface area contributed by atoms with E-state index in [-0.39, 0.29) is 0 Å². The summed E-state index contributed by atoms with van der Waals surface area (Å²) in [6, 6.07) is 0.487. The minimum absolute atomic E-state index is 0.451. The van der Waals surface area contributed by atoms with Gasteiger partial charge in [-0.3, -0.25) is 0 Å². The lowest BCUT2D eigenvalue weighted by Gasteiger charge is -2.26. The summed E-state index contributed by atoms with van der Waals surface area (Å²) < 4.78 is 5.31. The molecule has 4 nitrogen and oxygen atoms in total. The van der Waals surface area contributed by atoms with Crippen LogP contribution < -0.4 is 0 Å². The van der Waals surface area contributed by atoms with Crippen LogP contribution in [0.4, 0.5) is 0 Å². The summed E-state index contributed by atoms with van der Waals surface area (Å²) in [6.07, 6.45) is 8.45. The molecule has 2 rings (SSSR count). The standard InChI is InChI=1S/C9H15N3O/c1-13-9-4-2-8(3-5-9)12-10-6-7-11-12/h6-9H,2-5H2,1H3. The Morgan fingerprint density at radius 3 is 2.31 bits per heavy atom. The van der Waals surface area contributed by atoms with Gasteiger partial charge < -0.3 is 4.74 Å². The summed E-state index contributed by atoms with van der Waals surface area (Å²) in [7, 11) is 1.79. The minimum Gasteiger partial charge on any atom is -0.381 e. The van der Waals surface area contributed by atoms with Crippen LogP contribution in [0.25, 0.3) is 0 Å². The Bertz CT molecular complexity index is 239. The van der Waals surface area contributed by atoms with Gasteiger partial charge in [-0.25, -0.2) is 0 Å². The first-order chi connectivity index (χ1) is 6.40. The number of rotatable bonds is 2. The Balaban J connectivity index is 1.92. The van der Waals surface area contributed by atoms with Crippen molar-refractivity contribution in [1.29, 1.82) is 0 Å². The molecule has 0 radical (unpaired) electrons. The molecule has 1 saturated carbocycles. The van der Waals surface area contributed by atoms with E-state index in [1.807, 2.05) is 4.80 Å². The fourth-order valence-electron chi connectivity index (χ4n) is 1.93. The Kier molecular flexibility index (Phi) is 2.59. The largest absolute Gasteiger partial charge is 0.381 e. The molecular weight excluding hydrogens is 166 g/mol. The van der Waals surface area contributed by atoms with E-state index in [2.05, 4.69) is 10.2 Å². The molecule has 0 atom stereocenters. The van der Waals surface area contributed by atoms with Crippen LogP contribution in [0.3, 0.4) is 0 Å². The number of methoxy groups -OCH3 is 1. The molecule has 0 aromatic carbocycles. The molecule has 13 heavy (non-hydrogen) atoms. The topological polar surface area (TPSA) is 39.9 Å². The molecule has 4 heteroatoms. The van der Waals surface area contributed by atoms with E-state index in [0.717, 1.165) is 25.7 Å². The van der Waals surface area contributed by atoms with Crippen molar-refractivity contribution in [2.45, 2.75) is 37.8 Å². The predicted octanol–water partition coefficient (Wildman–Crippen LogP) is 1.41. The lowest BCUT2D eigenvalue weighted by atomic mass is 9.93. The maximum absolute atomic E-state index is 5.31. The second kappa shape index (κ2) is 3.87. The normalized spacial score (nSPS) is 29.0. The average Bonchev–Trinajstić information content (AvgIpc) is 2.71. The highest BCUT2D eigenvalue weighted by Gasteiger charge is 2.22. The second-order valence-electron chi connectivity index (χ2n) is 3.52. The first kappa shape index (κ1) is 8.69. The van der Waals surface area contributed by atoms with Crippen LogP contribution in [-0.2, 0) is 4.74 Å². The molecule has 0 unspecified atom stereocenters. The molecule has 0 spiro atoms. The maximum Gasteiger partial charge on any atom is 0.0718 e. The molecular formula is C9H15N3O. The van der Waals surface area contributed by atoms with Crippen LogP contribution in [0.1, 0.15) is 31.7 Å². The fraction of sp³-hybridized carbons (Fsp3) is 0.778. The molecule has 0 amide bonds. The van der Waals surface area contributed by atoms with Crippen molar-refractivity contribution < 1.29 is 4.74 Å². The van der Waals surface area contributed by atoms with Crippen LogP contribution in [0.15, 0.2) is 12.4 Å². The Morgan fingerprint density at radius 2 is 1.77 bits per heavy atom. The Morgan fingerprint density at radius 1 is 1.15 bits per heavy atom. The summed E-state index contributed by atoms with van der Waals surface area (Å²) in [5.41, 5.74) is 0. The van der Waals surface area contributed by atoms with E-state index in [1.165, 1.54) is 0 Å². The zero-order chi connectivity index (χ0) is 9.10. The van der Waals surface area contributed by atoms with E-state index < -0.39 is 0 Å². The number of aromatic nitrogens is 3. The highest BCUT2D eigenvalue weighted by molar-refractivity contribution is 4.75. The first-order valence-electron chi connectivity index (χ1n) is 4.78. The van der Waals surface area contributed by atoms with Crippen molar-refractivity contribution in [3.05, 3.63) is 12.4 Å². The maximum atomic E-state index is 5.31. The number of hydrogen-bond donors (Lipinski definition) is 0. The molecule has 0 bridgehead atoms. The van der Waals surface area contributed by atoms with Crippen molar-refractivity contribution >= 4 is 0 Å². The SMILES string of the molecule is COC1CCC(n2nccn2)CC1. The van der Waals surface area contributed by atoms with Crippen LogP contribution in [0, 0.1) is 0 Å². The highest BCUT2D eigenvalue weighted by atomic mass is 16.5. The number of ether oxygens (including phenoxy) is 1. The molecule has 1 fully saturated rings. The van der Waals surface area contributed by atoms with Crippen molar-refractivity contribution in [1.82, 2.24) is 15.0 Å². The van der Waals surface area contributed by atoms with Crippen molar-refractivity contribution in [3.8, 4) is 0 Å². The van der Waals surface area contributed by atoms with Crippen LogP contribution in [0.5, 0.6) is 0 Å². The predicted molar refractivity (Wildman–Crippen MR) is 48.3 cm³/mol. The summed E-state index contributed by atoms with van der Waals surface area (Å²) in [5.74, 6) is 0. The zero-order valence-electron chi connectivity index (χ0n) is 7.89. The summed E-state index contributed by atoms with van der Waals surface area (Å²) in [5, 5.41) is 8.31. The molecule has 0 saturated heterocycles. The van der Waals surface area contributed by atoms with Gasteiger partial charge in [0.15, 0.2) is 0 Å². The molecule has 1 aliphatic rings. The third kappa shape index (κ3) is 1.88. The molecule has 1 aromatic heterocycles. The van der Waals surface area contributed by atoms with Gasteiger partial charge in [0.1, 0.15) is 0 Å². The molecule has 1 aromatic rings. The van der Waals surface area contributed by atoms with Gasteiger partial charge in [0, 0.05) is 7.11 Å². The second-order valence-corrected chi connectivity index (χ2v) is 3.52. The summed E-state index contributed by atoms with van der Waals surface area (Å²) in [4.78, 5) is 1.83. The fourth-order valence-corrected chi connectivity index (χ4v) is 1.93. The molecule has 1 aliphatic carbocycles. The molecule has 0 aliphatic heterocycles. The van der Waals surface area contributed by atoms with Crippen LogP contribution in [-0.4, -0.2) is 28.2 Å². The van der Waals surface area contributed by atoms with E-state index in [4.69, 9.17) is 4.74 Å². The minimum atomic E-state index is 0.451. The van der Waals surface area contributed by atoms with Crippen molar-refractivity contribution in [2.24, 2.45) is 0 Å². The summed E-state index contributed by atoms with van der Waals surface area (Å²) >= 11 is 0. The zero-order valence-corrected chi connectivity index (χ0v) is 7.89. The van der Waals surface area contributed by atoms with Crippen molar-refractivity contribution in [2.75, 3.05) is 7.11 Å². The monoisotopic (exact) mass is 181 g/mol. The quantitative estimate of drug-likeness (QED) is 0.692. The van der Waals surface area contributed by atoms with Crippen LogP contribution >= 0.6 is 0 Å². The van der Waals surface area contributed by atoms with Gasteiger partial charge in [-0.05, 0) is 25.7 Å². The van der Waals surface area contributed by atoms with Gasteiger partial charge in [-0.1, -0.05) is 0 Å². The third-order valence-electron chi connectivity index (χ3n) is 2.74. The van der Waals surface area contributed by atoms with Gasteiger partial charge in [0.25, 0.3) is 0 Å². The van der Waals surface area contributed by atoms with E-state index in [0.29, 0.717) is 12.1 Å². The molecule has 72 valence electrons. The highest BCUT2D eigenvalue weighted by Crippen LogP contribution is 2.28. The Labute approximate surface area is 77.9 Å². The lowest BCUT2D eigenvalue weighted by Crippen LogP contribution is -2.23. The van der Waals surface area contributed by atoms with Gasteiger partial charge in [-0.2, -0.15) is 15.0 Å². The molecule has 1 heterocycles. The van der Waals surface area contributed by atoms with Gasteiger partial charge in [0.2, 0.25) is 0 Å². The average molecular weight is 181 g/mol. The summed E-state index contributed by atoms with van der Waals surface area (Å²) in [6.45, 7) is 0. The lowest BCUT2D eigenvalue weighted by molar-refractivity contribution is 0.0547. The first-order valence-corrected chi connectivity index (χ1v) is 4.78. The Hall–Kier alpha value is -0.900. The van der Waals surface area contributed by atoms with Gasteiger partial charge >= 0.3 is 0 Å². The van der Waals surface area contributed by atoms with E-state index >= 15 is 0 Å². The van der Waals surface area contributed by atoms with Gasteiger partial charge in [0.05, 0.1) is 24.5 Å².